The molecule has 13 heteroatoms. The molecule has 0 fully saturated rings. The number of fused-ring (bicyclic) bond motifs is 4. The quantitative estimate of drug-likeness (QED) is 0.204. The maximum atomic E-state index is 13.4. The van der Waals surface area contributed by atoms with E-state index in [4.69, 9.17) is 0 Å². The topological polar surface area (TPSA) is 157 Å². The second-order valence-corrected chi connectivity index (χ2v) is 16.1. The summed E-state index contributed by atoms with van der Waals surface area (Å²) < 4.78 is 117. The third kappa shape index (κ3) is 4.79. The van der Waals surface area contributed by atoms with Gasteiger partial charge in [-0.3, -0.25) is 4.55 Å². The molecule has 1 N–H and O–H groups in total. The average molecular weight is 654 g/mol. The Morgan fingerprint density at radius 1 is 0.581 bits per heavy atom. The second-order valence-electron chi connectivity index (χ2n) is 9.26. The van der Waals surface area contributed by atoms with Gasteiger partial charge in [0.2, 0.25) is 29.5 Å². The van der Waals surface area contributed by atoms with Gasteiger partial charge in [0.1, 0.15) is 14.7 Å². The third-order valence-corrected chi connectivity index (χ3v) is 12.4. The molecule has 219 valence electrons. The molecule has 1 aliphatic carbocycles. The first-order valence-corrected chi connectivity index (χ1v) is 18.2. The Labute approximate surface area is 249 Å². The van der Waals surface area contributed by atoms with E-state index in [0.29, 0.717) is 33.7 Å². The van der Waals surface area contributed by atoms with Crippen molar-refractivity contribution >= 4 is 39.6 Å². The van der Waals surface area contributed by atoms with Crippen LogP contribution in [0.4, 0.5) is 0 Å². The molecule has 0 unspecified atom stereocenters. The van der Waals surface area contributed by atoms with Crippen LogP contribution in [0.3, 0.4) is 0 Å². The average Bonchev–Trinajstić information content (AvgIpc) is 2.98. The van der Waals surface area contributed by atoms with Gasteiger partial charge >= 0.3 is 0 Å². The van der Waals surface area contributed by atoms with Gasteiger partial charge in [-0.15, -0.1) is 0 Å². The monoisotopic (exact) mass is 653 g/mol. The van der Waals surface area contributed by atoms with E-state index in [1.807, 2.05) is 18.2 Å². The largest absolute Gasteiger partial charge is 0.296 e. The van der Waals surface area contributed by atoms with Crippen LogP contribution in [0, 0.1) is 6.07 Å². The Kier molecular flexibility index (Phi) is 7.22. The van der Waals surface area contributed by atoms with E-state index in [1.165, 1.54) is 6.07 Å². The lowest BCUT2D eigenvalue weighted by molar-refractivity contribution is 0.479. The molecule has 43 heavy (non-hydrogen) atoms. The minimum atomic E-state index is -5.59. The van der Waals surface area contributed by atoms with Gasteiger partial charge in [0.15, 0.2) is 0 Å². The summed E-state index contributed by atoms with van der Waals surface area (Å²) >= 11 is 0. The van der Waals surface area contributed by atoms with Crippen LogP contribution in [0.2, 0.25) is 0 Å². The van der Waals surface area contributed by atoms with E-state index in [2.05, 4.69) is 25.8 Å². The zero-order valence-corrected chi connectivity index (χ0v) is 25.3. The predicted molar refractivity (Wildman–Crippen MR) is 163 cm³/mol. The summed E-state index contributed by atoms with van der Waals surface area (Å²) in [7, 11) is -20.5. The van der Waals surface area contributed by atoms with Crippen LogP contribution in [0.5, 0.6) is 0 Å². The predicted octanol–water partition coefficient (Wildman–Crippen LogP) is 5.47. The number of sulfone groups is 3. The molecule has 0 aromatic heterocycles. The van der Waals surface area contributed by atoms with Gasteiger partial charge in [0, 0.05) is 21.8 Å². The minimum Gasteiger partial charge on any atom is -0.282 e. The lowest BCUT2D eigenvalue weighted by atomic mass is 9.74. The molecule has 5 rings (SSSR count). The van der Waals surface area contributed by atoms with Crippen molar-refractivity contribution in [3.63, 3.8) is 0 Å². The van der Waals surface area contributed by atoms with E-state index in [9.17, 15) is 38.2 Å². The van der Waals surface area contributed by atoms with Gasteiger partial charge in [-0.1, -0.05) is 74.3 Å². The third-order valence-electron chi connectivity index (χ3n) is 6.90. The van der Waals surface area contributed by atoms with E-state index in [0.717, 1.165) is 11.1 Å². The maximum absolute atomic E-state index is 13.4. The highest BCUT2D eigenvalue weighted by molar-refractivity contribution is 7.99. The molecule has 0 amide bonds. The van der Waals surface area contributed by atoms with Crippen LogP contribution in [0.25, 0.3) is 44.5 Å². The Morgan fingerprint density at radius 2 is 1.12 bits per heavy atom. The van der Waals surface area contributed by atoms with Gasteiger partial charge in [-0.25, -0.2) is 25.3 Å². The number of hydrogen-bond acceptors (Lipinski definition) is 8. The van der Waals surface area contributed by atoms with Crippen molar-refractivity contribution in [2.75, 3.05) is 0 Å². The summed E-state index contributed by atoms with van der Waals surface area (Å²) in [6, 6.07) is 20.9. The first-order valence-electron chi connectivity index (χ1n) is 12.2. The molecule has 0 bridgehead atoms. The van der Waals surface area contributed by atoms with E-state index < -0.39 is 64.8 Å². The lowest BCUT2D eigenvalue weighted by Crippen LogP contribution is -2.18. The van der Waals surface area contributed by atoms with Gasteiger partial charge in [0.05, 0.1) is 4.90 Å². The molecule has 0 saturated heterocycles. The van der Waals surface area contributed by atoms with Crippen molar-refractivity contribution in [2.24, 2.45) is 0 Å². The van der Waals surface area contributed by atoms with Gasteiger partial charge in [-0.05, 0) is 57.1 Å². The van der Waals surface area contributed by atoms with Crippen LogP contribution >= 0.6 is 0 Å². The molecule has 0 aliphatic heterocycles. The molecule has 4 aromatic carbocycles. The normalized spacial score (nSPS) is 12.9. The fraction of sp³-hybridized carbons (Fsp3) is 0. The molecular formula is C30H21O9S4. The SMILES string of the molecule is C=CS(=O)(=O)c1cc(-c2c[c]c3c(c2-c2ccccc2)-c2ccccc2-3)c(S(=O)(=O)O)c(S(=O)(=O)C=C)c1S(=O)(=O)C=C. The Hall–Kier alpha value is -4.14. The number of rotatable bonds is 9. The van der Waals surface area contributed by atoms with Crippen molar-refractivity contribution in [3.05, 3.63) is 109 Å². The molecule has 1 aliphatic rings. The van der Waals surface area contributed by atoms with Gasteiger partial charge in [0.25, 0.3) is 10.1 Å². The lowest BCUT2D eigenvalue weighted by Gasteiger charge is -2.29. The van der Waals surface area contributed by atoms with Crippen molar-refractivity contribution in [1.82, 2.24) is 0 Å². The molecule has 0 atom stereocenters. The number of hydrogen-bond donors (Lipinski definition) is 1. The Morgan fingerprint density at radius 3 is 1.67 bits per heavy atom. The summed E-state index contributed by atoms with van der Waals surface area (Å²) in [4.78, 5) is -5.36. The zero-order chi connectivity index (χ0) is 31.5. The van der Waals surface area contributed by atoms with Crippen LogP contribution in [-0.4, -0.2) is 38.2 Å². The Balaban J connectivity index is 2.13. The van der Waals surface area contributed by atoms with Crippen LogP contribution < -0.4 is 0 Å². The van der Waals surface area contributed by atoms with Gasteiger partial charge < -0.3 is 0 Å². The van der Waals surface area contributed by atoms with Crippen LogP contribution in [0.1, 0.15) is 0 Å². The summed E-state index contributed by atoms with van der Waals surface area (Å²) in [5.41, 5.74) is 3.10. The molecule has 4 aromatic rings. The summed E-state index contributed by atoms with van der Waals surface area (Å²) in [6.45, 7) is 9.51. The molecule has 1 radical (unpaired) electrons. The van der Waals surface area contributed by atoms with E-state index in [-0.39, 0.29) is 16.4 Å². The summed E-state index contributed by atoms with van der Waals surface area (Å²) in [6.07, 6.45) is 0. The van der Waals surface area contributed by atoms with Crippen molar-refractivity contribution in [3.8, 4) is 44.5 Å². The smallest absolute Gasteiger partial charge is 0.282 e. The van der Waals surface area contributed by atoms with Crippen LogP contribution in [0.15, 0.2) is 122 Å². The van der Waals surface area contributed by atoms with Crippen molar-refractivity contribution in [1.29, 1.82) is 0 Å². The molecular weight excluding hydrogens is 633 g/mol. The molecule has 9 nitrogen and oxygen atoms in total. The second kappa shape index (κ2) is 10.2. The molecule has 0 saturated carbocycles. The maximum Gasteiger partial charge on any atom is 0.296 e. The van der Waals surface area contributed by atoms with E-state index >= 15 is 0 Å². The molecule has 0 heterocycles. The zero-order valence-electron chi connectivity index (χ0n) is 22.1. The van der Waals surface area contributed by atoms with E-state index in [1.54, 1.807) is 36.4 Å². The highest BCUT2D eigenvalue weighted by Crippen LogP contribution is 2.55. The standard InChI is InChI=1S/C30H21O9S4/c1-4-40(31,32)25-18-24(28(43(37,38)39)30(42(35,36)6-3)29(25)41(33,34)5-2)23-17-16-22-20-14-10-11-15-21(20)27(22)26(23)19-12-8-7-9-13-19/h4-15,17-18H,1-3H2,(H,37,38,39). The Bertz CT molecular complexity index is 2340. The first kappa shape index (κ1) is 30.3. The fourth-order valence-electron chi connectivity index (χ4n) is 5.06. The highest BCUT2D eigenvalue weighted by Gasteiger charge is 2.40. The first-order chi connectivity index (χ1) is 20.1. The van der Waals surface area contributed by atoms with Crippen molar-refractivity contribution < 1.29 is 38.2 Å². The van der Waals surface area contributed by atoms with Crippen LogP contribution in [-0.2, 0) is 39.6 Å². The highest BCUT2D eigenvalue weighted by atomic mass is 32.2. The molecule has 0 spiro atoms. The minimum absolute atomic E-state index is 0.0457. The number of benzene rings is 4. The fourth-order valence-corrected chi connectivity index (χ4v) is 10.6. The summed E-state index contributed by atoms with van der Waals surface area (Å²) in [5.74, 6) is 0. The van der Waals surface area contributed by atoms with Gasteiger partial charge in [-0.2, -0.15) is 8.42 Å². The summed E-state index contributed by atoms with van der Waals surface area (Å²) in [5, 5.41) is 0.917. The van der Waals surface area contributed by atoms with Crippen molar-refractivity contribution in [2.45, 2.75) is 19.6 Å².